The standard InChI is InChI=1S/C25H41N9O6/c1-2-3-6-15-24(40)33-17(9-30-15)19(35)11-34-10-18(31-20(36)12-34)21(37)14-8-16(22(26)38)32-23(39)13(14)5-4-7-29-25(27)28/h13-18,30H,2-12H2,1H3,(H2,26,38)(H,31,36)(H,32,39)(H,33,40)(H4,27,28,29)/t13-,14?,15+,16-,17-,18-/m1/s1. The van der Waals surface area contributed by atoms with E-state index in [9.17, 15) is 28.8 Å². The molecule has 0 saturated carbocycles. The van der Waals surface area contributed by atoms with Gasteiger partial charge in [0.1, 0.15) is 18.1 Å². The molecule has 3 aliphatic rings. The maximum absolute atomic E-state index is 13.7. The number of piperidine rings is 1. The van der Waals surface area contributed by atoms with Crippen molar-refractivity contribution in [3.05, 3.63) is 0 Å². The number of hydrogen-bond acceptors (Lipinski definition) is 9. The minimum atomic E-state index is -1.02. The molecule has 3 heterocycles. The minimum absolute atomic E-state index is 0.00283. The average Bonchev–Trinajstić information content (AvgIpc) is 2.89. The number of carbonyl (C=O) groups excluding carboxylic acids is 6. The monoisotopic (exact) mass is 563 g/mol. The lowest BCUT2D eigenvalue weighted by Crippen LogP contribution is -2.64. The number of amides is 4. The Morgan fingerprint density at radius 3 is 2.33 bits per heavy atom. The maximum Gasteiger partial charge on any atom is 0.240 e. The van der Waals surface area contributed by atoms with Crippen LogP contribution in [0.2, 0.25) is 0 Å². The van der Waals surface area contributed by atoms with Crippen LogP contribution in [0.5, 0.6) is 0 Å². The highest BCUT2D eigenvalue weighted by Gasteiger charge is 2.45. The van der Waals surface area contributed by atoms with Crippen LogP contribution in [0.25, 0.3) is 0 Å². The zero-order chi connectivity index (χ0) is 29.4. The summed E-state index contributed by atoms with van der Waals surface area (Å²) in [6.07, 6.45) is 3.22. The number of nitrogens with zero attached hydrogens (tertiary/aromatic N) is 2. The smallest absolute Gasteiger partial charge is 0.240 e. The lowest BCUT2D eigenvalue weighted by molar-refractivity contribution is -0.144. The number of unbranched alkanes of at least 4 members (excludes halogenated alkanes) is 1. The summed E-state index contributed by atoms with van der Waals surface area (Å²) in [5.74, 6) is -4.34. The zero-order valence-electron chi connectivity index (χ0n) is 22.8. The molecule has 15 nitrogen and oxygen atoms in total. The Kier molecular flexibility index (Phi) is 11.0. The van der Waals surface area contributed by atoms with Gasteiger partial charge in [0.05, 0.1) is 19.1 Å². The molecular weight excluding hydrogens is 522 g/mol. The Labute approximate surface area is 232 Å². The summed E-state index contributed by atoms with van der Waals surface area (Å²) in [6, 6.07) is -3.08. The van der Waals surface area contributed by atoms with Crippen LogP contribution in [0.4, 0.5) is 0 Å². The van der Waals surface area contributed by atoms with Crippen LogP contribution in [-0.2, 0) is 28.8 Å². The Bertz CT molecular complexity index is 1030. The topological polar surface area (TPSA) is 244 Å². The first-order valence-electron chi connectivity index (χ1n) is 13.8. The lowest BCUT2D eigenvalue weighted by atomic mass is 9.75. The quantitative estimate of drug-likeness (QED) is 0.0655. The third-order valence-corrected chi connectivity index (χ3v) is 7.61. The molecule has 0 spiro atoms. The molecule has 15 heteroatoms. The van der Waals surface area contributed by atoms with Crippen molar-refractivity contribution < 1.29 is 28.8 Å². The van der Waals surface area contributed by atoms with Crippen molar-refractivity contribution in [3.63, 3.8) is 0 Å². The molecule has 4 amide bonds. The molecule has 3 saturated heterocycles. The van der Waals surface area contributed by atoms with Gasteiger partial charge in [-0.05, 0) is 25.7 Å². The largest absolute Gasteiger partial charge is 0.370 e. The molecule has 0 radical (unpaired) electrons. The van der Waals surface area contributed by atoms with E-state index in [2.05, 4.69) is 26.3 Å². The van der Waals surface area contributed by atoms with Crippen molar-refractivity contribution in [2.45, 2.75) is 69.6 Å². The fourth-order valence-electron chi connectivity index (χ4n) is 5.49. The summed E-state index contributed by atoms with van der Waals surface area (Å²) in [5, 5.41) is 11.1. The molecule has 0 aromatic rings. The van der Waals surface area contributed by atoms with Crippen molar-refractivity contribution >= 4 is 41.2 Å². The van der Waals surface area contributed by atoms with E-state index in [4.69, 9.17) is 17.2 Å². The van der Waals surface area contributed by atoms with Gasteiger partial charge in [-0.2, -0.15) is 0 Å². The summed E-state index contributed by atoms with van der Waals surface area (Å²) in [6.45, 7) is 2.39. The number of aliphatic imine (C=N–C) groups is 1. The molecule has 1 unspecified atom stereocenters. The lowest BCUT2D eigenvalue weighted by Gasteiger charge is -2.39. The zero-order valence-corrected chi connectivity index (χ0v) is 22.8. The predicted molar refractivity (Wildman–Crippen MR) is 144 cm³/mol. The molecule has 6 atom stereocenters. The molecule has 0 bridgehead atoms. The SMILES string of the molecule is CCCC[C@@H]1NC[C@H](C(=O)CN2CC(=O)N[C@@H](C(=O)C3C[C@H](C(N)=O)NC(=O)[C@@H]3CCCN=C(N)N)C2)NC1=O. The van der Waals surface area contributed by atoms with E-state index in [0.717, 1.165) is 12.8 Å². The van der Waals surface area contributed by atoms with Gasteiger partial charge in [-0.1, -0.05) is 19.8 Å². The molecule has 0 aromatic heterocycles. The number of hydrogen-bond donors (Lipinski definition) is 7. The van der Waals surface area contributed by atoms with Crippen LogP contribution in [0.1, 0.15) is 45.4 Å². The van der Waals surface area contributed by atoms with Gasteiger partial charge < -0.3 is 38.5 Å². The minimum Gasteiger partial charge on any atom is -0.370 e. The number of ketones is 2. The molecule has 0 aliphatic carbocycles. The Morgan fingerprint density at radius 1 is 0.950 bits per heavy atom. The second-order valence-corrected chi connectivity index (χ2v) is 10.7. The first-order valence-corrected chi connectivity index (χ1v) is 13.8. The molecule has 0 aromatic carbocycles. The molecule has 222 valence electrons. The van der Waals surface area contributed by atoms with Gasteiger partial charge in [0, 0.05) is 31.5 Å². The number of Topliss-reactive ketones (excluding diaryl/α,β-unsaturated/α-hetero) is 2. The Balaban J connectivity index is 1.65. The third-order valence-electron chi connectivity index (χ3n) is 7.61. The highest BCUT2D eigenvalue weighted by atomic mass is 16.2. The van der Waals surface area contributed by atoms with E-state index >= 15 is 0 Å². The first-order chi connectivity index (χ1) is 19.0. The molecule has 3 fully saturated rings. The maximum atomic E-state index is 13.7. The van der Waals surface area contributed by atoms with Crippen LogP contribution in [0.3, 0.4) is 0 Å². The number of primary amides is 1. The van der Waals surface area contributed by atoms with E-state index in [1.54, 1.807) is 4.90 Å². The van der Waals surface area contributed by atoms with Crippen molar-refractivity contribution in [1.29, 1.82) is 0 Å². The van der Waals surface area contributed by atoms with E-state index in [0.29, 0.717) is 12.8 Å². The van der Waals surface area contributed by atoms with E-state index < -0.39 is 53.5 Å². The molecule has 40 heavy (non-hydrogen) atoms. The van der Waals surface area contributed by atoms with Crippen molar-refractivity contribution in [3.8, 4) is 0 Å². The van der Waals surface area contributed by atoms with E-state index in [1.807, 2.05) is 6.92 Å². The normalized spacial score (nSPS) is 29.1. The number of nitrogens with two attached hydrogens (primary N) is 3. The van der Waals surface area contributed by atoms with Crippen LogP contribution >= 0.6 is 0 Å². The number of piperazine rings is 2. The number of carbonyl (C=O) groups is 6. The van der Waals surface area contributed by atoms with Crippen molar-refractivity contribution in [2.75, 3.05) is 32.7 Å². The van der Waals surface area contributed by atoms with Gasteiger partial charge in [-0.3, -0.25) is 38.7 Å². The van der Waals surface area contributed by atoms with Gasteiger partial charge in [-0.15, -0.1) is 0 Å². The van der Waals surface area contributed by atoms with Crippen LogP contribution in [0.15, 0.2) is 4.99 Å². The summed E-state index contributed by atoms with van der Waals surface area (Å²) < 4.78 is 0. The predicted octanol–water partition coefficient (Wildman–Crippen LogP) is -3.77. The van der Waals surface area contributed by atoms with Crippen LogP contribution in [0, 0.1) is 11.8 Å². The first kappa shape index (κ1) is 30.9. The number of rotatable bonds is 13. The summed E-state index contributed by atoms with van der Waals surface area (Å²) in [5.41, 5.74) is 16.1. The average molecular weight is 564 g/mol. The summed E-state index contributed by atoms with van der Waals surface area (Å²) in [4.78, 5) is 81.7. The fourth-order valence-corrected chi connectivity index (χ4v) is 5.49. The van der Waals surface area contributed by atoms with Crippen molar-refractivity contribution in [2.24, 2.45) is 34.0 Å². The van der Waals surface area contributed by atoms with Crippen molar-refractivity contribution in [1.82, 2.24) is 26.2 Å². The second-order valence-electron chi connectivity index (χ2n) is 10.7. The van der Waals surface area contributed by atoms with E-state index in [1.165, 1.54) is 0 Å². The Hall–Kier alpha value is -3.59. The summed E-state index contributed by atoms with van der Waals surface area (Å²) in [7, 11) is 0. The summed E-state index contributed by atoms with van der Waals surface area (Å²) >= 11 is 0. The molecular formula is C25H41N9O6. The molecule has 3 aliphatic heterocycles. The highest BCUT2D eigenvalue weighted by Crippen LogP contribution is 2.30. The van der Waals surface area contributed by atoms with Crippen LogP contribution < -0.4 is 38.5 Å². The van der Waals surface area contributed by atoms with Gasteiger partial charge in [0.2, 0.25) is 23.6 Å². The van der Waals surface area contributed by atoms with Gasteiger partial charge in [0.25, 0.3) is 0 Å². The van der Waals surface area contributed by atoms with Gasteiger partial charge in [-0.25, -0.2) is 0 Å². The number of guanidine groups is 1. The number of nitrogens with one attached hydrogen (secondary N) is 4. The van der Waals surface area contributed by atoms with E-state index in [-0.39, 0.29) is 69.3 Å². The van der Waals surface area contributed by atoms with Crippen LogP contribution in [-0.4, -0.2) is 103 Å². The molecule has 3 rings (SSSR count). The third kappa shape index (κ3) is 8.21. The van der Waals surface area contributed by atoms with Gasteiger partial charge in [0.15, 0.2) is 17.5 Å². The Morgan fingerprint density at radius 2 is 1.68 bits per heavy atom. The second kappa shape index (κ2) is 14.2. The highest BCUT2D eigenvalue weighted by molar-refractivity contribution is 5.99. The van der Waals surface area contributed by atoms with Gasteiger partial charge >= 0.3 is 0 Å². The molecule has 10 N–H and O–H groups in total. The fraction of sp³-hybridized carbons (Fsp3) is 0.720.